The van der Waals surface area contributed by atoms with Crippen LogP contribution in [-0.2, 0) is 11.0 Å². The molecule has 3 heterocycles. The molecule has 1 aliphatic heterocycles. The molecule has 3 N–H and O–H groups in total. The molecule has 9 nitrogen and oxygen atoms in total. The number of hydrogen-bond donors (Lipinski definition) is 3. The van der Waals surface area contributed by atoms with Crippen molar-refractivity contribution >= 4 is 34.9 Å². The number of likely N-dealkylation sites (tertiary alicyclic amines) is 1. The molecule has 2 aromatic heterocycles. The normalized spacial score (nSPS) is 20.1. The molecule has 3 rings (SSSR count). The van der Waals surface area contributed by atoms with Crippen molar-refractivity contribution in [1.29, 1.82) is 5.41 Å². The maximum atomic E-state index is 14.5. The highest BCUT2D eigenvalue weighted by molar-refractivity contribution is 6.69. The Morgan fingerprint density at radius 2 is 1.92 bits per heavy atom. The summed E-state index contributed by atoms with van der Waals surface area (Å²) in [5.74, 6) is -5.04. The third kappa shape index (κ3) is 6.42. The molecule has 0 bridgehead atoms. The number of halogens is 6. The van der Waals surface area contributed by atoms with Crippen molar-refractivity contribution in [3.05, 3.63) is 47.0 Å². The second-order valence-corrected chi connectivity index (χ2v) is 8.57. The number of piperidine rings is 1. The summed E-state index contributed by atoms with van der Waals surface area (Å²) in [6.45, 7) is 0.447. The van der Waals surface area contributed by atoms with Crippen LogP contribution in [0.15, 0.2) is 35.8 Å². The first-order valence-electron chi connectivity index (χ1n) is 10.6. The Kier molecular flexibility index (Phi) is 8.06. The summed E-state index contributed by atoms with van der Waals surface area (Å²) in [6, 6.07) is 2.00. The van der Waals surface area contributed by atoms with E-state index < -0.39 is 59.9 Å². The van der Waals surface area contributed by atoms with Gasteiger partial charge in [-0.15, -0.1) is 0 Å². The van der Waals surface area contributed by atoms with Crippen molar-refractivity contribution in [1.82, 2.24) is 25.3 Å². The van der Waals surface area contributed by atoms with E-state index in [1.165, 1.54) is 32.3 Å². The zero-order valence-electron chi connectivity index (χ0n) is 19.1. The Morgan fingerprint density at radius 1 is 1.25 bits per heavy atom. The SMILES string of the molecule is CN/N=C(\C(=N)c1ccc(Cl)cn1)C(=O)N1CC(F)(F)C[C@@H](C)[C@H]1CNc1ncc(C(F)(F)F)cn1. The molecule has 0 radical (unpaired) electrons. The molecule has 0 spiro atoms. The van der Waals surface area contributed by atoms with Crippen LogP contribution in [0.3, 0.4) is 0 Å². The summed E-state index contributed by atoms with van der Waals surface area (Å²) >= 11 is 5.82. The van der Waals surface area contributed by atoms with Gasteiger partial charge in [-0.2, -0.15) is 18.3 Å². The zero-order chi connectivity index (χ0) is 26.7. The molecule has 2 aromatic rings. The summed E-state index contributed by atoms with van der Waals surface area (Å²) in [6.07, 6.45) is -2.69. The van der Waals surface area contributed by atoms with Crippen molar-refractivity contribution in [3.63, 3.8) is 0 Å². The summed E-state index contributed by atoms with van der Waals surface area (Å²) in [4.78, 5) is 25.5. The molecule has 36 heavy (non-hydrogen) atoms. The molecule has 2 atom stereocenters. The largest absolute Gasteiger partial charge is 0.419 e. The van der Waals surface area contributed by atoms with E-state index in [9.17, 15) is 26.7 Å². The molecular formula is C21H22ClF5N8O. The lowest BCUT2D eigenvalue weighted by Gasteiger charge is -2.43. The highest BCUT2D eigenvalue weighted by Gasteiger charge is 2.47. The van der Waals surface area contributed by atoms with Gasteiger partial charge in [0, 0.05) is 38.6 Å². The average Bonchev–Trinajstić information content (AvgIpc) is 2.80. The van der Waals surface area contributed by atoms with E-state index in [0.717, 1.165) is 4.90 Å². The highest BCUT2D eigenvalue weighted by atomic mass is 35.5. The predicted octanol–water partition coefficient (Wildman–Crippen LogP) is 3.47. The number of aromatic nitrogens is 3. The third-order valence-corrected chi connectivity index (χ3v) is 5.66. The first-order chi connectivity index (χ1) is 16.8. The monoisotopic (exact) mass is 532 g/mol. The first kappa shape index (κ1) is 27.2. The highest BCUT2D eigenvalue weighted by Crippen LogP contribution is 2.35. The number of anilines is 1. The van der Waals surface area contributed by atoms with Crippen LogP contribution >= 0.6 is 11.6 Å². The lowest BCUT2D eigenvalue weighted by atomic mass is 9.87. The number of carbonyl (C=O) groups excluding carboxylic acids is 1. The second-order valence-electron chi connectivity index (χ2n) is 8.13. The molecule has 1 amide bonds. The summed E-state index contributed by atoms with van der Waals surface area (Å²) < 4.78 is 67.2. The third-order valence-electron chi connectivity index (χ3n) is 5.44. The van der Waals surface area contributed by atoms with Crippen molar-refractivity contribution in [2.75, 3.05) is 25.5 Å². The molecular weight excluding hydrogens is 511 g/mol. The van der Waals surface area contributed by atoms with E-state index in [4.69, 9.17) is 17.0 Å². The van der Waals surface area contributed by atoms with Gasteiger partial charge in [-0.3, -0.25) is 15.2 Å². The number of carbonyl (C=O) groups is 1. The number of alkyl halides is 5. The van der Waals surface area contributed by atoms with E-state index in [-0.39, 0.29) is 18.2 Å². The molecule has 0 unspecified atom stereocenters. The van der Waals surface area contributed by atoms with Crippen LogP contribution in [-0.4, -0.2) is 69.3 Å². The minimum Gasteiger partial charge on any atom is -0.352 e. The quantitative estimate of drug-likeness (QED) is 0.285. The minimum absolute atomic E-state index is 0.0476. The molecule has 1 saturated heterocycles. The molecule has 0 aromatic carbocycles. The lowest BCUT2D eigenvalue weighted by molar-refractivity contribution is -0.145. The molecule has 1 fully saturated rings. The smallest absolute Gasteiger partial charge is 0.352 e. The Bertz CT molecular complexity index is 1120. The number of hydrazone groups is 1. The molecule has 194 valence electrons. The maximum absolute atomic E-state index is 14.5. The number of nitrogens with one attached hydrogen (secondary N) is 3. The lowest BCUT2D eigenvalue weighted by Crippen LogP contribution is -2.59. The summed E-state index contributed by atoms with van der Waals surface area (Å²) in [5, 5.41) is 15.2. The fourth-order valence-electron chi connectivity index (χ4n) is 3.74. The number of pyridine rings is 1. The predicted molar refractivity (Wildman–Crippen MR) is 122 cm³/mol. The van der Waals surface area contributed by atoms with Gasteiger partial charge < -0.3 is 15.6 Å². The molecule has 15 heteroatoms. The summed E-state index contributed by atoms with van der Waals surface area (Å²) in [7, 11) is 1.38. The number of amides is 1. The standard InChI is InChI=1S/C21H22ClF5N8O/c1-11-5-20(23,24)10-35(15(11)9-33-19-31-6-12(7-32-19)21(25,26)27)18(36)17(34-29-2)16(28)14-4-3-13(22)8-30-14/h3-4,6-8,11,15,28-29H,5,9-10H2,1-2H3,(H,31,32,33)/b28-16?,34-17+/t11-,15-/m1/s1. The average molecular weight is 533 g/mol. The van der Waals surface area contributed by atoms with Crippen LogP contribution in [0.1, 0.15) is 24.6 Å². The van der Waals surface area contributed by atoms with Gasteiger partial charge in [0.15, 0.2) is 5.71 Å². The fraction of sp³-hybridized carbons (Fsp3) is 0.429. The van der Waals surface area contributed by atoms with Gasteiger partial charge in [0.1, 0.15) is 5.71 Å². The number of rotatable bonds is 7. The van der Waals surface area contributed by atoms with Gasteiger partial charge in [-0.1, -0.05) is 18.5 Å². The maximum Gasteiger partial charge on any atom is 0.419 e. The van der Waals surface area contributed by atoms with E-state index in [0.29, 0.717) is 17.4 Å². The Hall–Kier alpha value is -3.42. The van der Waals surface area contributed by atoms with Gasteiger partial charge in [-0.05, 0) is 18.1 Å². The molecule has 0 aliphatic carbocycles. The zero-order valence-corrected chi connectivity index (χ0v) is 19.8. The van der Waals surface area contributed by atoms with Crippen molar-refractivity contribution < 1.29 is 26.7 Å². The van der Waals surface area contributed by atoms with Gasteiger partial charge >= 0.3 is 6.18 Å². The van der Waals surface area contributed by atoms with Gasteiger partial charge in [-0.25, -0.2) is 18.7 Å². The van der Waals surface area contributed by atoms with Gasteiger partial charge in [0.25, 0.3) is 11.8 Å². The Labute approximate surface area is 207 Å². The van der Waals surface area contributed by atoms with Crippen LogP contribution in [0.25, 0.3) is 0 Å². The van der Waals surface area contributed by atoms with Crippen molar-refractivity contribution in [3.8, 4) is 0 Å². The van der Waals surface area contributed by atoms with E-state index in [2.05, 4.69) is 30.8 Å². The van der Waals surface area contributed by atoms with Crippen LogP contribution in [0.5, 0.6) is 0 Å². The van der Waals surface area contributed by atoms with Crippen LogP contribution < -0.4 is 10.7 Å². The van der Waals surface area contributed by atoms with Crippen molar-refractivity contribution in [2.45, 2.75) is 31.5 Å². The number of nitrogens with zero attached hydrogens (tertiary/aromatic N) is 5. The topological polar surface area (TPSA) is 119 Å². The van der Waals surface area contributed by atoms with E-state index in [1.54, 1.807) is 0 Å². The first-order valence-corrected chi connectivity index (χ1v) is 11.0. The molecule has 1 aliphatic rings. The van der Waals surface area contributed by atoms with E-state index >= 15 is 0 Å². The minimum atomic E-state index is -4.61. The summed E-state index contributed by atoms with van der Waals surface area (Å²) in [5.41, 5.74) is 0.544. The number of hydrogen-bond acceptors (Lipinski definition) is 8. The van der Waals surface area contributed by atoms with Crippen LogP contribution in [0, 0.1) is 11.3 Å². The Balaban J connectivity index is 1.85. The van der Waals surface area contributed by atoms with Crippen LogP contribution in [0.2, 0.25) is 5.02 Å². The Morgan fingerprint density at radius 3 is 2.47 bits per heavy atom. The second kappa shape index (κ2) is 10.7. The molecule has 0 saturated carbocycles. The van der Waals surface area contributed by atoms with Gasteiger partial charge in [0.2, 0.25) is 5.95 Å². The van der Waals surface area contributed by atoms with Crippen molar-refractivity contribution in [2.24, 2.45) is 11.0 Å². The van der Waals surface area contributed by atoms with E-state index in [1.807, 2.05) is 0 Å². The van der Waals surface area contributed by atoms with Crippen LogP contribution in [0.4, 0.5) is 27.9 Å². The fourth-order valence-corrected chi connectivity index (χ4v) is 3.86. The van der Waals surface area contributed by atoms with Gasteiger partial charge in [0.05, 0.1) is 28.9 Å².